The van der Waals surface area contributed by atoms with Gasteiger partial charge in [-0.25, -0.2) is 15.0 Å². The summed E-state index contributed by atoms with van der Waals surface area (Å²) in [6.45, 7) is 4.97. The SMILES string of the molecule is N#Cc1ncnc2c1ncn2-c1cccc(OCCN2CCOCC2)c1. The molecule has 8 nitrogen and oxygen atoms in total. The molecule has 0 saturated carbocycles. The first-order valence-corrected chi connectivity index (χ1v) is 8.46. The molecule has 132 valence electrons. The zero-order chi connectivity index (χ0) is 17.8. The number of benzene rings is 1. The van der Waals surface area contributed by atoms with Crippen molar-refractivity contribution in [3.05, 3.63) is 42.6 Å². The second kappa shape index (κ2) is 7.47. The zero-order valence-corrected chi connectivity index (χ0v) is 14.2. The van der Waals surface area contributed by atoms with E-state index in [9.17, 15) is 0 Å². The molecule has 0 radical (unpaired) electrons. The standard InChI is InChI=1S/C18H18N6O2/c19-11-16-17-18(21-12-20-16)24(13-22-17)14-2-1-3-15(10-14)26-9-6-23-4-7-25-8-5-23/h1-3,10,12-13H,4-9H2. The maximum absolute atomic E-state index is 9.14. The van der Waals surface area contributed by atoms with E-state index in [0.29, 0.717) is 17.8 Å². The molecular formula is C18H18N6O2. The lowest BCUT2D eigenvalue weighted by molar-refractivity contribution is 0.0322. The van der Waals surface area contributed by atoms with Gasteiger partial charge in [0.1, 0.15) is 36.6 Å². The maximum Gasteiger partial charge on any atom is 0.171 e. The van der Waals surface area contributed by atoms with Crippen LogP contribution in [0.1, 0.15) is 5.69 Å². The van der Waals surface area contributed by atoms with Gasteiger partial charge in [-0.1, -0.05) is 6.07 Å². The Morgan fingerprint density at radius 1 is 1.19 bits per heavy atom. The molecule has 2 aromatic heterocycles. The molecule has 3 aromatic rings. The van der Waals surface area contributed by atoms with Gasteiger partial charge >= 0.3 is 0 Å². The topological polar surface area (TPSA) is 89.1 Å². The van der Waals surface area contributed by atoms with E-state index in [2.05, 4.69) is 19.9 Å². The van der Waals surface area contributed by atoms with Crippen LogP contribution in [-0.2, 0) is 4.74 Å². The number of morpholine rings is 1. The zero-order valence-electron chi connectivity index (χ0n) is 14.2. The van der Waals surface area contributed by atoms with Crippen LogP contribution in [0, 0.1) is 11.3 Å². The molecule has 0 atom stereocenters. The van der Waals surface area contributed by atoms with Crippen LogP contribution in [0.3, 0.4) is 0 Å². The Hall–Kier alpha value is -3.02. The third-order valence-corrected chi connectivity index (χ3v) is 4.32. The highest BCUT2D eigenvalue weighted by Crippen LogP contribution is 2.21. The van der Waals surface area contributed by atoms with Crippen LogP contribution < -0.4 is 4.74 Å². The molecular weight excluding hydrogens is 332 g/mol. The first kappa shape index (κ1) is 16.4. The molecule has 1 saturated heterocycles. The molecule has 26 heavy (non-hydrogen) atoms. The van der Waals surface area contributed by atoms with Crippen LogP contribution in [0.5, 0.6) is 5.75 Å². The number of imidazole rings is 1. The summed E-state index contributed by atoms with van der Waals surface area (Å²) in [5.74, 6) is 0.784. The van der Waals surface area contributed by atoms with Crippen LogP contribution in [0.2, 0.25) is 0 Å². The van der Waals surface area contributed by atoms with E-state index in [0.717, 1.165) is 44.3 Å². The molecule has 1 fully saturated rings. The predicted octanol–water partition coefficient (Wildman–Crippen LogP) is 1.40. The highest BCUT2D eigenvalue weighted by molar-refractivity contribution is 5.77. The molecule has 8 heteroatoms. The lowest BCUT2D eigenvalue weighted by atomic mass is 10.3. The van der Waals surface area contributed by atoms with Crippen LogP contribution in [0.4, 0.5) is 0 Å². The van der Waals surface area contributed by atoms with Crippen LogP contribution in [-0.4, -0.2) is 63.9 Å². The monoisotopic (exact) mass is 350 g/mol. The fourth-order valence-corrected chi connectivity index (χ4v) is 2.95. The van der Waals surface area contributed by atoms with E-state index in [1.807, 2.05) is 34.9 Å². The minimum absolute atomic E-state index is 0.270. The van der Waals surface area contributed by atoms with Gasteiger partial charge < -0.3 is 9.47 Å². The molecule has 3 heterocycles. The fourth-order valence-electron chi connectivity index (χ4n) is 2.95. The number of ether oxygens (including phenoxy) is 2. The van der Waals surface area contributed by atoms with E-state index < -0.39 is 0 Å². The molecule has 1 aliphatic rings. The predicted molar refractivity (Wildman–Crippen MR) is 94.1 cm³/mol. The summed E-state index contributed by atoms with van der Waals surface area (Å²) in [5, 5.41) is 9.14. The number of aromatic nitrogens is 4. The van der Waals surface area contributed by atoms with E-state index >= 15 is 0 Å². The lowest BCUT2D eigenvalue weighted by Gasteiger charge is -2.26. The van der Waals surface area contributed by atoms with Crippen molar-refractivity contribution < 1.29 is 9.47 Å². The molecule has 0 bridgehead atoms. The number of hydrogen-bond acceptors (Lipinski definition) is 7. The van der Waals surface area contributed by atoms with Gasteiger partial charge in [0, 0.05) is 25.7 Å². The molecule has 0 N–H and O–H groups in total. The minimum atomic E-state index is 0.270. The van der Waals surface area contributed by atoms with Crippen LogP contribution in [0.25, 0.3) is 16.9 Å². The first-order valence-electron chi connectivity index (χ1n) is 8.46. The summed E-state index contributed by atoms with van der Waals surface area (Å²) in [6, 6.07) is 9.78. The number of nitrogens with zero attached hydrogens (tertiary/aromatic N) is 6. The van der Waals surface area contributed by atoms with Crippen molar-refractivity contribution in [2.45, 2.75) is 0 Å². The fraction of sp³-hybridized carbons (Fsp3) is 0.333. The number of hydrogen-bond donors (Lipinski definition) is 0. The van der Waals surface area contributed by atoms with E-state index in [4.69, 9.17) is 14.7 Å². The summed E-state index contributed by atoms with van der Waals surface area (Å²) in [7, 11) is 0. The van der Waals surface area contributed by atoms with E-state index in [1.165, 1.54) is 6.33 Å². The summed E-state index contributed by atoms with van der Waals surface area (Å²) < 4.78 is 13.1. The Bertz CT molecular complexity index is 942. The van der Waals surface area contributed by atoms with Crippen LogP contribution >= 0.6 is 0 Å². The summed E-state index contributed by atoms with van der Waals surface area (Å²) in [5.41, 5.74) is 2.24. The van der Waals surface area contributed by atoms with Crippen LogP contribution in [0.15, 0.2) is 36.9 Å². The van der Waals surface area contributed by atoms with Gasteiger partial charge in [-0.15, -0.1) is 0 Å². The smallest absolute Gasteiger partial charge is 0.171 e. The largest absolute Gasteiger partial charge is 0.492 e. The Labute approximate surface area is 150 Å². The number of fused-ring (bicyclic) bond motifs is 1. The van der Waals surface area contributed by atoms with Gasteiger partial charge in [0.15, 0.2) is 11.3 Å². The highest BCUT2D eigenvalue weighted by Gasteiger charge is 2.12. The second-order valence-corrected chi connectivity index (χ2v) is 5.92. The molecule has 0 unspecified atom stereocenters. The van der Waals surface area contributed by atoms with Crippen molar-refractivity contribution in [1.82, 2.24) is 24.4 Å². The average molecular weight is 350 g/mol. The molecule has 0 amide bonds. The van der Waals surface area contributed by atoms with Gasteiger partial charge in [0.25, 0.3) is 0 Å². The van der Waals surface area contributed by atoms with Gasteiger partial charge in [-0.2, -0.15) is 5.26 Å². The lowest BCUT2D eigenvalue weighted by Crippen LogP contribution is -2.38. The van der Waals surface area contributed by atoms with Crippen molar-refractivity contribution in [3.8, 4) is 17.5 Å². The Balaban J connectivity index is 1.50. The van der Waals surface area contributed by atoms with Crippen molar-refractivity contribution >= 4 is 11.2 Å². The van der Waals surface area contributed by atoms with E-state index in [1.54, 1.807) is 6.33 Å². The number of nitriles is 1. The molecule has 0 aliphatic carbocycles. The Kier molecular flexibility index (Phi) is 4.73. The third-order valence-electron chi connectivity index (χ3n) is 4.32. The molecule has 1 aromatic carbocycles. The average Bonchev–Trinajstić information content (AvgIpc) is 3.13. The summed E-state index contributed by atoms with van der Waals surface area (Å²) in [6.07, 6.45) is 3.02. The minimum Gasteiger partial charge on any atom is -0.492 e. The summed E-state index contributed by atoms with van der Waals surface area (Å²) >= 11 is 0. The maximum atomic E-state index is 9.14. The Morgan fingerprint density at radius 3 is 2.92 bits per heavy atom. The normalized spacial score (nSPS) is 15.0. The molecule has 1 aliphatic heterocycles. The van der Waals surface area contributed by atoms with Gasteiger partial charge in [-0.05, 0) is 12.1 Å². The number of rotatable bonds is 5. The van der Waals surface area contributed by atoms with Gasteiger partial charge in [0.05, 0.1) is 18.9 Å². The van der Waals surface area contributed by atoms with Crippen molar-refractivity contribution in [3.63, 3.8) is 0 Å². The van der Waals surface area contributed by atoms with Gasteiger partial charge in [-0.3, -0.25) is 9.47 Å². The highest BCUT2D eigenvalue weighted by atomic mass is 16.5. The first-order chi connectivity index (χ1) is 12.8. The molecule has 0 spiro atoms. The Morgan fingerprint density at radius 2 is 2.08 bits per heavy atom. The second-order valence-electron chi connectivity index (χ2n) is 5.92. The van der Waals surface area contributed by atoms with E-state index in [-0.39, 0.29) is 5.69 Å². The quantitative estimate of drug-likeness (QED) is 0.687. The van der Waals surface area contributed by atoms with Crippen molar-refractivity contribution in [1.29, 1.82) is 5.26 Å². The van der Waals surface area contributed by atoms with Gasteiger partial charge in [0.2, 0.25) is 0 Å². The van der Waals surface area contributed by atoms with Crippen molar-refractivity contribution in [2.24, 2.45) is 0 Å². The third kappa shape index (κ3) is 3.35. The summed E-state index contributed by atoms with van der Waals surface area (Å²) in [4.78, 5) is 14.8. The van der Waals surface area contributed by atoms with Crippen molar-refractivity contribution in [2.75, 3.05) is 39.5 Å². The molecule has 4 rings (SSSR count).